The van der Waals surface area contributed by atoms with E-state index < -0.39 is 17.5 Å². The maximum atomic E-state index is 13.4. The van der Waals surface area contributed by atoms with Crippen LogP contribution in [0.25, 0.3) is 16.9 Å². The number of hydrogen-bond donors (Lipinski definition) is 1. The molecular formula is C18H11F2N5OS. The lowest BCUT2D eigenvalue weighted by Gasteiger charge is -1.99. The molecule has 2 aromatic heterocycles. The number of nitrogens with zero attached hydrogens (tertiary/aromatic N) is 4. The molecule has 0 radical (unpaired) electrons. The van der Waals surface area contributed by atoms with E-state index in [0.717, 1.165) is 17.8 Å². The Kier molecular flexibility index (Phi) is 4.43. The smallest absolute Gasteiger partial charge is 0.279 e. The van der Waals surface area contributed by atoms with Crippen LogP contribution in [0.5, 0.6) is 0 Å². The molecular weight excluding hydrogens is 372 g/mol. The van der Waals surface area contributed by atoms with Gasteiger partial charge in [0.2, 0.25) is 0 Å². The molecule has 2 aromatic carbocycles. The van der Waals surface area contributed by atoms with E-state index in [2.05, 4.69) is 20.5 Å². The van der Waals surface area contributed by atoms with E-state index in [9.17, 15) is 13.6 Å². The fourth-order valence-corrected chi connectivity index (χ4v) is 3.05. The lowest BCUT2D eigenvalue weighted by molar-refractivity contribution is 0.102. The second-order valence-corrected chi connectivity index (χ2v) is 6.33. The van der Waals surface area contributed by atoms with Gasteiger partial charge < -0.3 is 0 Å². The van der Waals surface area contributed by atoms with E-state index in [0.29, 0.717) is 16.4 Å². The molecule has 1 amide bonds. The summed E-state index contributed by atoms with van der Waals surface area (Å²) in [5.74, 6) is -2.35. The Morgan fingerprint density at radius 1 is 1.07 bits per heavy atom. The molecule has 0 atom stereocenters. The number of aromatic nitrogens is 4. The van der Waals surface area contributed by atoms with Crippen LogP contribution in [-0.2, 0) is 0 Å². The molecule has 0 aliphatic carbocycles. The molecule has 134 valence electrons. The number of amides is 1. The summed E-state index contributed by atoms with van der Waals surface area (Å²) in [6, 6.07) is 12.7. The van der Waals surface area contributed by atoms with Gasteiger partial charge in [-0.3, -0.25) is 10.1 Å². The Bertz CT molecular complexity index is 1110. The first-order valence-electron chi connectivity index (χ1n) is 7.80. The van der Waals surface area contributed by atoms with Crippen LogP contribution in [0.3, 0.4) is 0 Å². The first-order valence-corrected chi connectivity index (χ1v) is 8.68. The van der Waals surface area contributed by atoms with Crippen molar-refractivity contribution in [1.29, 1.82) is 0 Å². The fraction of sp³-hybridized carbons (Fsp3) is 0. The Hall–Kier alpha value is -3.46. The molecule has 0 fully saturated rings. The van der Waals surface area contributed by atoms with E-state index in [1.54, 1.807) is 5.38 Å². The summed E-state index contributed by atoms with van der Waals surface area (Å²) in [4.78, 5) is 17.9. The minimum Gasteiger partial charge on any atom is -0.296 e. The van der Waals surface area contributed by atoms with Crippen LogP contribution >= 0.6 is 11.3 Å². The molecule has 27 heavy (non-hydrogen) atoms. The second kappa shape index (κ2) is 7.04. The molecule has 0 aliphatic rings. The molecule has 9 heteroatoms. The third-order valence-electron chi connectivity index (χ3n) is 3.65. The van der Waals surface area contributed by atoms with Crippen LogP contribution in [0.4, 0.5) is 13.9 Å². The molecule has 6 nitrogen and oxygen atoms in total. The summed E-state index contributed by atoms with van der Waals surface area (Å²) in [5.41, 5.74) is 1.71. The van der Waals surface area contributed by atoms with Crippen LogP contribution in [-0.4, -0.2) is 25.9 Å². The van der Waals surface area contributed by atoms with E-state index >= 15 is 0 Å². The maximum absolute atomic E-state index is 13.4. The molecule has 0 saturated heterocycles. The highest BCUT2D eigenvalue weighted by Crippen LogP contribution is 2.26. The lowest BCUT2D eigenvalue weighted by Crippen LogP contribution is -2.13. The lowest BCUT2D eigenvalue weighted by atomic mass is 10.2. The van der Waals surface area contributed by atoms with Gasteiger partial charge in [0.25, 0.3) is 5.91 Å². The molecule has 0 spiro atoms. The van der Waals surface area contributed by atoms with Gasteiger partial charge in [0.1, 0.15) is 0 Å². The number of thiazole rings is 1. The fourth-order valence-electron chi connectivity index (χ4n) is 2.33. The van der Waals surface area contributed by atoms with Crippen molar-refractivity contribution in [2.45, 2.75) is 0 Å². The van der Waals surface area contributed by atoms with Crippen molar-refractivity contribution < 1.29 is 13.6 Å². The van der Waals surface area contributed by atoms with E-state index in [-0.39, 0.29) is 5.69 Å². The van der Waals surface area contributed by atoms with Crippen molar-refractivity contribution >= 4 is 22.4 Å². The largest absolute Gasteiger partial charge is 0.296 e. The van der Waals surface area contributed by atoms with Crippen molar-refractivity contribution in [2.75, 3.05) is 5.32 Å². The van der Waals surface area contributed by atoms with Crippen LogP contribution in [0.15, 0.2) is 60.1 Å². The summed E-state index contributed by atoms with van der Waals surface area (Å²) in [6.45, 7) is 0. The first kappa shape index (κ1) is 17.0. The summed E-state index contributed by atoms with van der Waals surface area (Å²) in [6.07, 6.45) is 1.35. The van der Waals surface area contributed by atoms with Crippen molar-refractivity contribution in [2.24, 2.45) is 0 Å². The van der Waals surface area contributed by atoms with E-state index in [1.807, 2.05) is 30.3 Å². The molecule has 4 rings (SSSR count). The monoisotopic (exact) mass is 383 g/mol. The quantitative estimate of drug-likeness (QED) is 0.580. The third-order valence-corrected chi connectivity index (χ3v) is 4.41. The molecule has 2 heterocycles. The van der Waals surface area contributed by atoms with Crippen molar-refractivity contribution in [1.82, 2.24) is 20.0 Å². The standard InChI is InChI=1S/C18H11F2N5OS/c19-13-7-6-11(8-14(13)20)16-10-27-18(22-16)23-17(26)15-9-21-25(24-15)12-4-2-1-3-5-12/h1-10H,(H,22,23,26). The minimum atomic E-state index is -0.955. The number of hydrogen-bond acceptors (Lipinski definition) is 5. The van der Waals surface area contributed by atoms with Gasteiger partial charge in [-0.25, -0.2) is 13.8 Å². The van der Waals surface area contributed by atoms with Gasteiger partial charge in [-0.05, 0) is 30.3 Å². The zero-order valence-electron chi connectivity index (χ0n) is 13.6. The number of carbonyl (C=O) groups is 1. The predicted molar refractivity (Wildman–Crippen MR) is 96.8 cm³/mol. The zero-order chi connectivity index (χ0) is 18.8. The van der Waals surface area contributed by atoms with Gasteiger partial charge in [-0.15, -0.1) is 16.4 Å². The van der Waals surface area contributed by atoms with Crippen molar-refractivity contribution in [3.63, 3.8) is 0 Å². The van der Waals surface area contributed by atoms with Gasteiger partial charge in [0.15, 0.2) is 22.5 Å². The normalized spacial score (nSPS) is 10.7. The number of para-hydroxylation sites is 1. The van der Waals surface area contributed by atoms with Crippen LogP contribution in [0.1, 0.15) is 10.5 Å². The number of nitrogens with one attached hydrogen (secondary N) is 1. The summed E-state index contributed by atoms with van der Waals surface area (Å²) in [7, 11) is 0. The molecule has 1 N–H and O–H groups in total. The van der Waals surface area contributed by atoms with Crippen LogP contribution in [0.2, 0.25) is 0 Å². The first-order chi connectivity index (χ1) is 13.1. The average molecular weight is 383 g/mol. The molecule has 0 unspecified atom stereocenters. The second-order valence-electron chi connectivity index (χ2n) is 5.48. The Morgan fingerprint density at radius 2 is 1.89 bits per heavy atom. The van der Waals surface area contributed by atoms with Gasteiger partial charge in [0.05, 0.1) is 17.6 Å². The molecule has 4 aromatic rings. The number of benzene rings is 2. The van der Waals surface area contributed by atoms with Crippen LogP contribution < -0.4 is 5.32 Å². The van der Waals surface area contributed by atoms with Crippen molar-refractivity contribution in [3.8, 4) is 16.9 Å². The topological polar surface area (TPSA) is 72.7 Å². The number of rotatable bonds is 4. The summed E-state index contributed by atoms with van der Waals surface area (Å²) < 4.78 is 26.4. The van der Waals surface area contributed by atoms with E-state index in [4.69, 9.17) is 0 Å². The van der Waals surface area contributed by atoms with Gasteiger partial charge in [-0.2, -0.15) is 9.90 Å². The van der Waals surface area contributed by atoms with Gasteiger partial charge in [0, 0.05) is 10.9 Å². The van der Waals surface area contributed by atoms with Crippen molar-refractivity contribution in [3.05, 3.63) is 77.4 Å². The Labute approximate surface area is 156 Å². The van der Waals surface area contributed by atoms with Gasteiger partial charge in [-0.1, -0.05) is 18.2 Å². The SMILES string of the molecule is O=C(Nc1nc(-c2ccc(F)c(F)c2)cs1)c1cnn(-c2ccccc2)n1. The highest BCUT2D eigenvalue weighted by Gasteiger charge is 2.14. The average Bonchev–Trinajstić information content (AvgIpc) is 3.34. The molecule has 0 saturated carbocycles. The minimum absolute atomic E-state index is 0.128. The Balaban J connectivity index is 1.50. The predicted octanol–water partition coefficient (Wildman–Crippen LogP) is 3.92. The maximum Gasteiger partial charge on any atom is 0.279 e. The highest BCUT2D eigenvalue weighted by atomic mass is 32.1. The molecule has 0 bridgehead atoms. The summed E-state index contributed by atoms with van der Waals surface area (Å²) in [5, 5.41) is 12.8. The van der Waals surface area contributed by atoms with Crippen LogP contribution in [0, 0.1) is 11.6 Å². The molecule has 0 aliphatic heterocycles. The van der Waals surface area contributed by atoms with Gasteiger partial charge >= 0.3 is 0 Å². The number of anilines is 1. The summed E-state index contributed by atoms with van der Waals surface area (Å²) >= 11 is 1.17. The van der Waals surface area contributed by atoms with E-state index in [1.165, 1.54) is 28.4 Å². The number of carbonyl (C=O) groups excluding carboxylic acids is 1. The number of halogens is 2. The zero-order valence-corrected chi connectivity index (χ0v) is 14.5. The highest BCUT2D eigenvalue weighted by molar-refractivity contribution is 7.14. The third kappa shape index (κ3) is 3.58. The Morgan fingerprint density at radius 3 is 2.67 bits per heavy atom.